The molecule has 19 heavy (non-hydrogen) atoms. The third-order valence-electron chi connectivity index (χ3n) is 3.09. The molecule has 0 saturated heterocycles. The van der Waals surface area contributed by atoms with Gasteiger partial charge in [-0.05, 0) is 38.0 Å². The van der Waals surface area contributed by atoms with E-state index >= 15 is 0 Å². The first-order valence-electron chi connectivity index (χ1n) is 6.30. The van der Waals surface area contributed by atoms with Crippen LogP contribution in [0, 0.1) is 0 Å². The van der Waals surface area contributed by atoms with Crippen molar-refractivity contribution in [3.63, 3.8) is 0 Å². The van der Waals surface area contributed by atoms with E-state index in [1.807, 2.05) is 32.0 Å². The van der Waals surface area contributed by atoms with Gasteiger partial charge in [-0.25, -0.2) is 8.42 Å². The highest BCUT2D eigenvalue weighted by atomic mass is 35.7. The predicted octanol–water partition coefficient (Wildman–Crippen LogP) is 2.91. The zero-order chi connectivity index (χ0) is 14.0. The van der Waals surface area contributed by atoms with Crippen LogP contribution in [-0.4, -0.2) is 26.9 Å². The first kappa shape index (κ1) is 14.5. The number of hydrogen-bond donors (Lipinski definition) is 0. The highest BCUT2D eigenvalue weighted by Crippen LogP contribution is 2.48. The Hall–Kier alpha value is -0.940. The second kappa shape index (κ2) is 5.59. The molecule has 0 aromatic heterocycles. The summed E-state index contributed by atoms with van der Waals surface area (Å²) in [6, 6.07) is 5.54. The van der Waals surface area contributed by atoms with Gasteiger partial charge in [-0.1, -0.05) is 6.07 Å². The summed E-state index contributed by atoms with van der Waals surface area (Å²) >= 11 is 0. The minimum absolute atomic E-state index is 0.0302. The molecule has 0 bridgehead atoms. The lowest BCUT2D eigenvalue weighted by Crippen LogP contribution is -2.01. The third-order valence-corrected chi connectivity index (χ3v) is 5.02. The quantitative estimate of drug-likeness (QED) is 0.758. The summed E-state index contributed by atoms with van der Waals surface area (Å²) in [5.41, 5.74) is 0.932. The highest BCUT2D eigenvalue weighted by molar-refractivity contribution is 8.14. The van der Waals surface area contributed by atoms with Crippen LogP contribution < -0.4 is 9.47 Å². The van der Waals surface area contributed by atoms with Crippen molar-refractivity contribution < 1.29 is 17.9 Å². The van der Waals surface area contributed by atoms with Gasteiger partial charge in [-0.2, -0.15) is 0 Å². The smallest absolute Gasteiger partial charge is 0.236 e. The predicted molar refractivity (Wildman–Crippen MR) is 74.7 cm³/mol. The van der Waals surface area contributed by atoms with Crippen LogP contribution >= 0.6 is 10.7 Å². The Morgan fingerprint density at radius 2 is 1.84 bits per heavy atom. The van der Waals surface area contributed by atoms with Gasteiger partial charge in [0.1, 0.15) is 0 Å². The SMILES string of the molecule is CCOc1ccc(C2CC2S(=O)(=O)Cl)cc1OCC. The van der Waals surface area contributed by atoms with E-state index in [-0.39, 0.29) is 5.92 Å². The van der Waals surface area contributed by atoms with Gasteiger partial charge in [0.15, 0.2) is 11.5 Å². The zero-order valence-corrected chi connectivity index (χ0v) is 12.5. The maximum absolute atomic E-state index is 11.3. The van der Waals surface area contributed by atoms with E-state index in [1.54, 1.807) is 0 Å². The van der Waals surface area contributed by atoms with E-state index in [2.05, 4.69) is 0 Å². The van der Waals surface area contributed by atoms with Crippen LogP contribution in [-0.2, 0) is 9.05 Å². The maximum atomic E-state index is 11.3. The van der Waals surface area contributed by atoms with E-state index in [9.17, 15) is 8.42 Å². The van der Waals surface area contributed by atoms with Gasteiger partial charge >= 0.3 is 0 Å². The fourth-order valence-electron chi connectivity index (χ4n) is 2.13. The van der Waals surface area contributed by atoms with E-state index in [4.69, 9.17) is 20.2 Å². The number of benzene rings is 1. The Balaban J connectivity index is 2.22. The minimum Gasteiger partial charge on any atom is -0.490 e. The monoisotopic (exact) mass is 304 g/mol. The van der Waals surface area contributed by atoms with Gasteiger partial charge in [0.2, 0.25) is 9.05 Å². The van der Waals surface area contributed by atoms with Crippen LogP contribution in [0.5, 0.6) is 11.5 Å². The van der Waals surface area contributed by atoms with Crippen molar-refractivity contribution in [2.75, 3.05) is 13.2 Å². The molecule has 4 nitrogen and oxygen atoms in total. The van der Waals surface area contributed by atoms with Crippen molar-refractivity contribution in [3.8, 4) is 11.5 Å². The summed E-state index contributed by atoms with van der Waals surface area (Å²) in [4.78, 5) is 0. The van der Waals surface area contributed by atoms with Gasteiger partial charge in [0, 0.05) is 16.6 Å². The van der Waals surface area contributed by atoms with Crippen molar-refractivity contribution in [1.29, 1.82) is 0 Å². The van der Waals surface area contributed by atoms with Gasteiger partial charge < -0.3 is 9.47 Å². The largest absolute Gasteiger partial charge is 0.490 e. The number of halogens is 1. The number of hydrogen-bond acceptors (Lipinski definition) is 4. The molecule has 0 amide bonds. The summed E-state index contributed by atoms with van der Waals surface area (Å²) < 4.78 is 33.5. The highest BCUT2D eigenvalue weighted by Gasteiger charge is 2.47. The third kappa shape index (κ3) is 3.34. The average Bonchev–Trinajstić information content (AvgIpc) is 3.11. The van der Waals surface area contributed by atoms with Crippen LogP contribution in [0.3, 0.4) is 0 Å². The summed E-state index contributed by atoms with van der Waals surface area (Å²) in [7, 11) is 1.90. The molecule has 1 aromatic rings. The van der Waals surface area contributed by atoms with Crippen molar-refractivity contribution >= 4 is 19.7 Å². The number of ether oxygens (including phenoxy) is 2. The molecular formula is C13H17ClO4S. The standard InChI is InChI=1S/C13H17ClO4S/c1-3-17-11-6-5-9(7-12(11)18-4-2)10-8-13(10)19(14,15)16/h5-7,10,13H,3-4,8H2,1-2H3. The molecule has 0 spiro atoms. The van der Waals surface area contributed by atoms with Crippen LogP contribution in [0.2, 0.25) is 0 Å². The van der Waals surface area contributed by atoms with Gasteiger partial charge in [-0.15, -0.1) is 0 Å². The molecular weight excluding hydrogens is 288 g/mol. The van der Waals surface area contributed by atoms with E-state index in [0.29, 0.717) is 31.1 Å². The van der Waals surface area contributed by atoms with E-state index in [1.165, 1.54) is 0 Å². The van der Waals surface area contributed by atoms with Crippen molar-refractivity contribution in [1.82, 2.24) is 0 Å². The van der Waals surface area contributed by atoms with Crippen molar-refractivity contribution in [2.45, 2.75) is 31.4 Å². The molecule has 2 atom stereocenters. The minimum atomic E-state index is -3.47. The van der Waals surface area contributed by atoms with Crippen LogP contribution in [0.25, 0.3) is 0 Å². The fraction of sp³-hybridized carbons (Fsp3) is 0.538. The molecule has 106 valence electrons. The van der Waals surface area contributed by atoms with Gasteiger partial charge in [0.25, 0.3) is 0 Å². The summed E-state index contributed by atoms with van der Waals surface area (Å²) in [5.74, 6) is 1.30. The summed E-state index contributed by atoms with van der Waals surface area (Å²) in [5, 5.41) is -0.471. The fourth-order valence-corrected chi connectivity index (χ4v) is 3.71. The molecule has 0 N–H and O–H groups in total. The molecule has 2 unspecified atom stereocenters. The first-order valence-corrected chi connectivity index (χ1v) is 8.67. The molecule has 1 aliphatic rings. The molecule has 0 aliphatic heterocycles. The summed E-state index contributed by atoms with van der Waals surface area (Å²) in [6.07, 6.45) is 0.575. The molecule has 0 radical (unpaired) electrons. The Bertz CT molecular complexity index is 556. The second-order valence-corrected chi connectivity index (χ2v) is 7.28. The lowest BCUT2D eigenvalue weighted by Gasteiger charge is -2.12. The summed E-state index contributed by atoms with van der Waals surface area (Å²) in [6.45, 7) is 4.89. The Morgan fingerprint density at radius 1 is 1.21 bits per heavy atom. The Morgan fingerprint density at radius 3 is 2.37 bits per heavy atom. The van der Waals surface area contributed by atoms with Crippen LogP contribution in [0.1, 0.15) is 31.7 Å². The molecule has 1 saturated carbocycles. The zero-order valence-electron chi connectivity index (χ0n) is 10.9. The topological polar surface area (TPSA) is 52.6 Å². The average molecular weight is 305 g/mol. The van der Waals surface area contributed by atoms with Crippen LogP contribution in [0.15, 0.2) is 18.2 Å². The van der Waals surface area contributed by atoms with E-state index < -0.39 is 14.3 Å². The molecule has 6 heteroatoms. The van der Waals surface area contributed by atoms with Crippen molar-refractivity contribution in [3.05, 3.63) is 23.8 Å². The Kier molecular flexibility index (Phi) is 4.26. The van der Waals surface area contributed by atoms with Gasteiger partial charge in [0.05, 0.1) is 18.5 Å². The molecule has 1 aliphatic carbocycles. The molecule has 1 fully saturated rings. The Labute approximate surface area is 118 Å². The normalized spacial score (nSPS) is 22.1. The van der Waals surface area contributed by atoms with Crippen molar-refractivity contribution in [2.24, 2.45) is 0 Å². The maximum Gasteiger partial charge on any atom is 0.236 e. The lowest BCUT2D eigenvalue weighted by atomic mass is 10.1. The number of rotatable bonds is 6. The second-order valence-electron chi connectivity index (χ2n) is 4.43. The molecule has 2 rings (SSSR count). The molecule has 1 aromatic carbocycles. The molecule has 0 heterocycles. The van der Waals surface area contributed by atoms with Gasteiger partial charge in [-0.3, -0.25) is 0 Å². The lowest BCUT2D eigenvalue weighted by molar-refractivity contribution is 0.287. The first-order chi connectivity index (χ1) is 8.97. The van der Waals surface area contributed by atoms with Crippen LogP contribution in [0.4, 0.5) is 0 Å². The van der Waals surface area contributed by atoms with E-state index in [0.717, 1.165) is 5.56 Å².